The third-order valence-electron chi connectivity index (χ3n) is 3.63. The van der Waals surface area contributed by atoms with Crippen LogP contribution in [0.4, 0.5) is 0 Å². The monoisotopic (exact) mass is 264 g/mol. The number of nitrogens with two attached hydrogens (primary N) is 1. The van der Waals surface area contributed by atoms with E-state index in [0.29, 0.717) is 19.7 Å². The normalized spacial score (nSPS) is 11.1. The molecule has 0 spiro atoms. The summed E-state index contributed by atoms with van der Waals surface area (Å²) in [6.07, 6.45) is 1.51. The molecule has 0 bridgehead atoms. The van der Waals surface area contributed by atoms with E-state index in [1.54, 1.807) is 0 Å². The van der Waals surface area contributed by atoms with E-state index in [2.05, 4.69) is 5.32 Å². The summed E-state index contributed by atoms with van der Waals surface area (Å²) < 4.78 is 5.52. The zero-order chi connectivity index (χ0) is 14.1. The summed E-state index contributed by atoms with van der Waals surface area (Å²) in [6, 6.07) is 9.56. The van der Waals surface area contributed by atoms with Crippen LogP contribution in [-0.4, -0.2) is 25.6 Å². The Morgan fingerprint density at radius 2 is 1.89 bits per heavy atom. The summed E-state index contributed by atoms with van der Waals surface area (Å²) in [5.74, 6) is 0.837. The third-order valence-corrected chi connectivity index (χ3v) is 3.63. The van der Waals surface area contributed by atoms with Crippen LogP contribution >= 0.6 is 0 Å². The lowest BCUT2D eigenvalue weighted by molar-refractivity contribution is -0.131. The van der Waals surface area contributed by atoms with E-state index in [1.807, 2.05) is 44.2 Å². The molecule has 0 aliphatic heterocycles. The smallest absolute Gasteiger partial charge is 0.227 e. The van der Waals surface area contributed by atoms with Gasteiger partial charge in [0.1, 0.15) is 12.4 Å². The maximum absolute atomic E-state index is 12.1. The predicted octanol–water partition coefficient (Wildman–Crippen LogP) is 1.95. The summed E-state index contributed by atoms with van der Waals surface area (Å²) in [5, 5.41) is 2.90. The van der Waals surface area contributed by atoms with E-state index >= 15 is 0 Å². The first-order valence-corrected chi connectivity index (χ1v) is 6.84. The molecule has 0 radical (unpaired) electrons. The van der Waals surface area contributed by atoms with Crippen molar-refractivity contribution in [2.75, 3.05) is 19.7 Å². The standard InChI is InChI=1S/C15H24N2O2/c1-3-15(4-2,12-16)14(18)17-10-11-19-13-8-6-5-7-9-13/h5-9H,3-4,10-12,16H2,1-2H3,(H,17,18). The van der Waals surface area contributed by atoms with Crippen LogP contribution in [0.1, 0.15) is 26.7 Å². The number of amides is 1. The van der Waals surface area contributed by atoms with Gasteiger partial charge >= 0.3 is 0 Å². The second-order valence-electron chi connectivity index (χ2n) is 4.61. The van der Waals surface area contributed by atoms with Gasteiger partial charge in [0.15, 0.2) is 0 Å². The zero-order valence-electron chi connectivity index (χ0n) is 11.8. The van der Waals surface area contributed by atoms with Crippen molar-refractivity contribution >= 4 is 5.91 Å². The Labute approximate surface area is 115 Å². The minimum atomic E-state index is -0.438. The fourth-order valence-electron chi connectivity index (χ4n) is 1.99. The Balaban J connectivity index is 2.34. The van der Waals surface area contributed by atoms with Crippen LogP contribution in [0.2, 0.25) is 0 Å². The van der Waals surface area contributed by atoms with Crippen LogP contribution in [0.25, 0.3) is 0 Å². The molecule has 0 aliphatic rings. The van der Waals surface area contributed by atoms with E-state index in [4.69, 9.17) is 10.5 Å². The third kappa shape index (κ3) is 4.24. The molecule has 0 heterocycles. The highest BCUT2D eigenvalue weighted by Crippen LogP contribution is 2.24. The largest absolute Gasteiger partial charge is 0.492 e. The van der Waals surface area contributed by atoms with Gasteiger partial charge in [0, 0.05) is 6.54 Å². The van der Waals surface area contributed by atoms with E-state index < -0.39 is 5.41 Å². The number of hydrogen-bond donors (Lipinski definition) is 2. The molecule has 0 atom stereocenters. The first kappa shape index (κ1) is 15.5. The van der Waals surface area contributed by atoms with Crippen LogP contribution in [0.15, 0.2) is 30.3 Å². The highest BCUT2D eigenvalue weighted by molar-refractivity contribution is 5.82. The fraction of sp³-hybridized carbons (Fsp3) is 0.533. The van der Waals surface area contributed by atoms with E-state index in [0.717, 1.165) is 18.6 Å². The van der Waals surface area contributed by atoms with E-state index in [1.165, 1.54) is 0 Å². The molecule has 0 fully saturated rings. The summed E-state index contributed by atoms with van der Waals surface area (Å²) in [6.45, 7) is 5.33. The molecular formula is C15H24N2O2. The molecular weight excluding hydrogens is 240 g/mol. The van der Waals surface area contributed by atoms with Crippen molar-refractivity contribution in [2.45, 2.75) is 26.7 Å². The minimum absolute atomic E-state index is 0.0247. The van der Waals surface area contributed by atoms with Crippen molar-refractivity contribution in [1.29, 1.82) is 0 Å². The van der Waals surface area contributed by atoms with Gasteiger partial charge in [-0.1, -0.05) is 32.0 Å². The number of ether oxygens (including phenoxy) is 1. The van der Waals surface area contributed by atoms with Gasteiger partial charge in [0.2, 0.25) is 5.91 Å². The number of nitrogens with one attached hydrogen (secondary N) is 1. The molecule has 4 heteroatoms. The average Bonchev–Trinajstić information content (AvgIpc) is 2.47. The van der Waals surface area contributed by atoms with Gasteiger partial charge in [0.25, 0.3) is 0 Å². The van der Waals surface area contributed by atoms with Crippen LogP contribution in [-0.2, 0) is 4.79 Å². The highest BCUT2D eigenvalue weighted by Gasteiger charge is 2.32. The second kappa shape index (κ2) is 7.79. The molecule has 0 aromatic heterocycles. The molecule has 106 valence electrons. The molecule has 1 aromatic rings. The lowest BCUT2D eigenvalue weighted by Gasteiger charge is -2.28. The number of hydrogen-bond acceptors (Lipinski definition) is 3. The number of benzene rings is 1. The van der Waals surface area contributed by atoms with Gasteiger partial charge < -0.3 is 15.8 Å². The summed E-state index contributed by atoms with van der Waals surface area (Å²) in [7, 11) is 0. The SMILES string of the molecule is CCC(CC)(CN)C(=O)NCCOc1ccccc1. The molecule has 1 rings (SSSR count). The number of carbonyl (C=O) groups is 1. The van der Waals surface area contributed by atoms with Crippen molar-refractivity contribution in [3.63, 3.8) is 0 Å². The molecule has 1 amide bonds. The maximum atomic E-state index is 12.1. The van der Waals surface area contributed by atoms with Crippen molar-refractivity contribution in [2.24, 2.45) is 11.1 Å². The van der Waals surface area contributed by atoms with E-state index in [9.17, 15) is 4.79 Å². The van der Waals surface area contributed by atoms with Crippen molar-refractivity contribution < 1.29 is 9.53 Å². The molecule has 19 heavy (non-hydrogen) atoms. The number of rotatable bonds is 8. The summed E-state index contributed by atoms with van der Waals surface area (Å²) in [5.41, 5.74) is 5.30. The van der Waals surface area contributed by atoms with Gasteiger partial charge in [0.05, 0.1) is 12.0 Å². The van der Waals surface area contributed by atoms with E-state index in [-0.39, 0.29) is 5.91 Å². The summed E-state index contributed by atoms with van der Waals surface area (Å²) in [4.78, 5) is 12.1. The van der Waals surface area contributed by atoms with Crippen LogP contribution in [0, 0.1) is 5.41 Å². The summed E-state index contributed by atoms with van der Waals surface area (Å²) >= 11 is 0. The quantitative estimate of drug-likeness (QED) is 0.705. The predicted molar refractivity (Wildman–Crippen MR) is 77.0 cm³/mol. The lowest BCUT2D eigenvalue weighted by Crippen LogP contribution is -2.46. The Kier molecular flexibility index (Phi) is 6.36. The Morgan fingerprint density at radius 3 is 2.42 bits per heavy atom. The molecule has 0 aliphatic carbocycles. The fourth-order valence-corrected chi connectivity index (χ4v) is 1.99. The van der Waals surface area contributed by atoms with Crippen LogP contribution in [0.3, 0.4) is 0 Å². The topological polar surface area (TPSA) is 64.4 Å². The van der Waals surface area contributed by atoms with Gasteiger partial charge in [-0.05, 0) is 25.0 Å². The maximum Gasteiger partial charge on any atom is 0.227 e. The number of carbonyl (C=O) groups excluding carboxylic acids is 1. The zero-order valence-corrected chi connectivity index (χ0v) is 11.8. The Bertz CT molecular complexity index is 367. The highest BCUT2D eigenvalue weighted by atomic mass is 16.5. The minimum Gasteiger partial charge on any atom is -0.492 e. The number of para-hydroxylation sites is 1. The molecule has 0 saturated heterocycles. The van der Waals surface area contributed by atoms with Crippen LogP contribution in [0.5, 0.6) is 5.75 Å². The molecule has 0 saturated carbocycles. The van der Waals surface area contributed by atoms with Gasteiger partial charge in [-0.3, -0.25) is 4.79 Å². The first-order chi connectivity index (χ1) is 9.18. The second-order valence-corrected chi connectivity index (χ2v) is 4.61. The van der Waals surface area contributed by atoms with Crippen LogP contribution < -0.4 is 15.8 Å². The molecule has 0 unspecified atom stereocenters. The molecule has 4 nitrogen and oxygen atoms in total. The Hall–Kier alpha value is -1.55. The average molecular weight is 264 g/mol. The Morgan fingerprint density at radius 1 is 1.26 bits per heavy atom. The molecule has 3 N–H and O–H groups in total. The van der Waals surface area contributed by atoms with Crippen molar-refractivity contribution in [3.05, 3.63) is 30.3 Å². The van der Waals surface area contributed by atoms with Gasteiger partial charge in [-0.25, -0.2) is 0 Å². The lowest BCUT2D eigenvalue weighted by atomic mass is 9.81. The first-order valence-electron chi connectivity index (χ1n) is 6.84. The molecule has 1 aromatic carbocycles. The van der Waals surface area contributed by atoms with Gasteiger partial charge in [-0.15, -0.1) is 0 Å². The van der Waals surface area contributed by atoms with Gasteiger partial charge in [-0.2, -0.15) is 0 Å². The van der Waals surface area contributed by atoms with Crippen molar-refractivity contribution in [3.8, 4) is 5.75 Å². The van der Waals surface area contributed by atoms with Crippen molar-refractivity contribution in [1.82, 2.24) is 5.32 Å².